The molecule has 0 fully saturated rings. The maximum Gasteiger partial charge on any atom is 0.421 e. The standard InChI is InChI=1S/C7H16N2O4/c1-6(11)5-13-7(12)9-8-3-2-4-10/h6,8,10-11H,2-5H2,1H3,(H,9,12). The Bertz CT molecular complexity index is 140. The van der Waals surface area contributed by atoms with Crippen LogP contribution in [-0.4, -0.2) is 42.2 Å². The third kappa shape index (κ3) is 9.06. The Morgan fingerprint density at radius 1 is 1.62 bits per heavy atom. The first-order valence-electron chi connectivity index (χ1n) is 4.11. The van der Waals surface area contributed by atoms with E-state index in [1.165, 1.54) is 6.92 Å². The van der Waals surface area contributed by atoms with Gasteiger partial charge in [-0.1, -0.05) is 0 Å². The summed E-state index contributed by atoms with van der Waals surface area (Å²) in [5.41, 5.74) is 4.78. The van der Waals surface area contributed by atoms with Gasteiger partial charge in [0.2, 0.25) is 0 Å². The number of aliphatic hydroxyl groups is 2. The molecule has 0 spiro atoms. The van der Waals surface area contributed by atoms with Gasteiger partial charge in [0.25, 0.3) is 0 Å². The zero-order valence-electron chi connectivity index (χ0n) is 7.62. The number of amides is 1. The van der Waals surface area contributed by atoms with E-state index in [1.54, 1.807) is 0 Å². The van der Waals surface area contributed by atoms with Gasteiger partial charge in [0, 0.05) is 13.2 Å². The van der Waals surface area contributed by atoms with E-state index in [0.29, 0.717) is 13.0 Å². The first-order chi connectivity index (χ1) is 6.16. The molecule has 1 amide bonds. The van der Waals surface area contributed by atoms with Crippen molar-refractivity contribution < 1.29 is 19.7 Å². The number of hydrogen-bond acceptors (Lipinski definition) is 5. The summed E-state index contributed by atoms with van der Waals surface area (Å²) in [5.74, 6) is 0. The zero-order chi connectivity index (χ0) is 10.1. The van der Waals surface area contributed by atoms with Crippen molar-refractivity contribution in [2.24, 2.45) is 0 Å². The molecule has 6 heteroatoms. The van der Waals surface area contributed by atoms with Crippen LogP contribution in [0.5, 0.6) is 0 Å². The number of rotatable bonds is 6. The van der Waals surface area contributed by atoms with Crippen LogP contribution in [0.2, 0.25) is 0 Å². The van der Waals surface area contributed by atoms with Crippen LogP contribution in [0.4, 0.5) is 4.79 Å². The molecule has 0 aromatic rings. The highest BCUT2D eigenvalue weighted by Crippen LogP contribution is 1.82. The molecule has 0 heterocycles. The number of carbonyl (C=O) groups is 1. The monoisotopic (exact) mass is 192 g/mol. The Hall–Kier alpha value is -0.850. The molecule has 4 N–H and O–H groups in total. The molecule has 0 radical (unpaired) electrons. The predicted octanol–water partition coefficient (Wildman–Crippen LogP) is -1.02. The van der Waals surface area contributed by atoms with Crippen LogP contribution in [0.25, 0.3) is 0 Å². The maximum absolute atomic E-state index is 10.7. The van der Waals surface area contributed by atoms with Crippen molar-refractivity contribution in [2.75, 3.05) is 19.8 Å². The van der Waals surface area contributed by atoms with Crippen LogP contribution < -0.4 is 10.9 Å². The van der Waals surface area contributed by atoms with Gasteiger partial charge in [-0.3, -0.25) is 5.43 Å². The number of aliphatic hydroxyl groups excluding tert-OH is 2. The Morgan fingerprint density at radius 3 is 2.85 bits per heavy atom. The lowest BCUT2D eigenvalue weighted by molar-refractivity contribution is 0.0757. The van der Waals surface area contributed by atoms with Crippen LogP contribution in [0.15, 0.2) is 0 Å². The van der Waals surface area contributed by atoms with E-state index in [1.807, 2.05) is 0 Å². The Balaban J connectivity index is 3.20. The number of hydrazine groups is 1. The highest BCUT2D eigenvalue weighted by atomic mass is 16.6. The minimum Gasteiger partial charge on any atom is -0.446 e. The Labute approximate surface area is 76.9 Å². The van der Waals surface area contributed by atoms with E-state index in [4.69, 9.17) is 10.2 Å². The van der Waals surface area contributed by atoms with Crippen molar-refractivity contribution in [3.8, 4) is 0 Å². The molecule has 1 atom stereocenters. The van der Waals surface area contributed by atoms with E-state index in [0.717, 1.165) is 0 Å². The van der Waals surface area contributed by atoms with Crippen molar-refractivity contribution in [2.45, 2.75) is 19.4 Å². The van der Waals surface area contributed by atoms with Gasteiger partial charge in [0.1, 0.15) is 6.61 Å². The van der Waals surface area contributed by atoms with Gasteiger partial charge in [-0.15, -0.1) is 0 Å². The molecule has 0 aliphatic heterocycles. The van der Waals surface area contributed by atoms with Crippen molar-refractivity contribution >= 4 is 6.09 Å². The zero-order valence-corrected chi connectivity index (χ0v) is 7.62. The molecule has 0 bridgehead atoms. The van der Waals surface area contributed by atoms with E-state index in [9.17, 15) is 4.79 Å². The fourth-order valence-electron chi connectivity index (χ4n) is 0.534. The lowest BCUT2D eigenvalue weighted by atomic mass is 10.4. The van der Waals surface area contributed by atoms with Crippen molar-refractivity contribution in [1.29, 1.82) is 0 Å². The highest BCUT2D eigenvalue weighted by Gasteiger charge is 2.02. The first kappa shape index (κ1) is 12.2. The fraction of sp³-hybridized carbons (Fsp3) is 0.857. The van der Waals surface area contributed by atoms with Gasteiger partial charge in [0.15, 0.2) is 0 Å². The van der Waals surface area contributed by atoms with E-state index in [2.05, 4.69) is 15.6 Å². The summed E-state index contributed by atoms with van der Waals surface area (Å²) in [5, 5.41) is 17.1. The summed E-state index contributed by atoms with van der Waals surface area (Å²) in [6, 6.07) is 0. The summed E-state index contributed by atoms with van der Waals surface area (Å²) < 4.78 is 4.56. The number of nitrogens with one attached hydrogen (secondary N) is 2. The van der Waals surface area contributed by atoms with Crippen molar-refractivity contribution in [3.05, 3.63) is 0 Å². The van der Waals surface area contributed by atoms with E-state index < -0.39 is 12.2 Å². The molecule has 0 saturated heterocycles. The van der Waals surface area contributed by atoms with E-state index >= 15 is 0 Å². The fourth-order valence-corrected chi connectivity index (χ4v) is 0.534. The topological polar surface area (TPSA) is 90.8 Å². The largest absolute Gasteiger partial charge is 0.446 e. The highest BCUT2D eigenvalue weighted by molar-refractivity contribution is 5.66. The summed E-state index contributed by atoms with van der Waals surface area (Å²) in [7, 11) is 0. The predicted molar refractivity (Wildman–Crippen MR) is 45.9 cm³/mol. The van der Waals surface area contributed by atoms with Gasteiger partial charge >= 0.3 is 6.09 Å². The average molecular weight is 192 g/mol. The molecule has 0 saturated carbocycles. The lowest BCUT2D eigenvalue weighted by Gasteiger charge is -2.08. The molecule has 1 unspecified atom stereocenters. The maximum atomic E-state index is 10.7. The summed E-state index contributed by atoms with van der Waals surface area (Å²) in [6.07, 6.45) is -0.751. The number of hydrogen-bond donors (Lipinski definition) is 4. The quantitative estimate of drug-likeness (QED) is 0.319. The van der Waals surface area contributed by atoms with Crippen LogP contribution in [0.1, 0.15) is 13.3 Å². The molecular formula is C7H16N2O4. The normalized spacial score (nSPS) is 12.2. The minimum atomic E-state index is -0.664. The van der Waals surface area contributed by atoms with Crippen LogP contribution in [-0.2, 0) is 4.74 Å². The minimum absolute atomic E-state index is 0.0342. The van der Waals surface area contributed by atoms with Crippen LogP contribution in [0, 0.1) is 0 Å². The molecule has 0 aromatic heterocycles. The second kappa shape index (κ2) is 7.78. The molecule has 0 aliphatic carbocycles. The SMILES string of the molecule is CC(O)COC(=O)NNCCCO. The molecule has 0 aromatic carbocycles. The first-order valence-corrected chi connectivity index (χ1v) is 4.11. The number of carbonyl (C=O) groups excluding carboxylic acids is 1. The number of ether oxygens (including phenoxy) is 1. The second-order valence-electron chi connectivity index (χ2n) is 2.58. The third-order valence-electron chi connectivity index (χ3n) is 1.11. The van der Waals surface area contributed by atoms with Gasteiger partial charge < -0.3 is 14.9 Å². The van der Waals surface area contributed by atoms with Gasteiger partial charge in [-0.05, 0) is 13.3 Å². The van der Waals surface area contributed by atoms with Gasteiger partial charge in [0.05, 0.1) is 6.10 Å². The molecular weight excluding hydrogens is 176 g/mol. The smallest absolute Gasteiger partial charge is 0.421 e. The summed E-state index contributed by atoms with van der Waals surface area (Å²) in [6.45, 7) is 2.03. The van der Waals surface area contributed by atoms with Gasteiger partial charge in [-0.25, -0.2) is 10.2 Å². The average Bonchev–Trinajstić information content (AvgIpc) is 2.09. The Kier molecular flexibility index (Phi) is 7.27. The van der Waals surface area contributed by atoms with Gasteiger partial charge in [-0.2, -0.15) is 0 Å². The van der Waals surface area contributed by atoms with Crippen LogP contribution >= 0.6 is 0 Å². The van der Waals surface area contributed by atoms with Crippen molar-refractivity contribution in [1.82, 2.24) is 10.9 Å². The lowest BCUT2D eigenvalue weighted by Crippen LogP contribution is -2.39. The van der Waals surface area contributed by atoms with E-state index in [-0.39, 0.29) is 13.2 Å². The summed E-state index contributed by atoms with van der Waals surface area (Å²) in [4.78, 5) is 10.7. The second-order valence-corrected chi connectivity index (χ2v) is 2.58. The molecule has 6 nitrogen and oxygen atoms in total. The molecule has 78 valence electrons. The Morgan fingerprint density at radius 2 is 2.31 bits per heavy atom. The van der Waals surface area contributed by atoms with Crippen LogP contribution in [0.3, 0.4) is 0 Å². The summed E-state index contributed by atoms with van der Waals surface area (Å²) >= 11 is 0. The molecule has 0 aliphatic rings. The molecule has 13 heavy (non-hydrogen) atoms. The third-order valence-corrected chi connectivity index (χ3v) is 1.11. The molecule has 0 rings (SSSR count). The van der Waals surface area contributed by atoms with Crippen molar-refractivity contribution in [3.63, 3.8) is 0 Å².